The van der Waals surface area contributed by atoms with Gasteiger partial charge in [0.25, 0.3) is 5.91 Å². The highest BCUT2D eigenvalue weighted by Crippen LogP contribution is 2.17. The molecular formula is C12H16BrFN2O. The summed E-state index contributed by atoms with van der Waals surface area (Å²) >= 11 is 3.17. The van der Waals surface area contributed by atoms with Crippen LogP contribution in [0.25, 0.3) is 0 Å². The first-order valence-corrected chi connectivity index (χ1v) is 6.30. The molecule has 0 aromatic heterocycles. The number of hydrogen-bond donors (Lipinski definition) is 2. The average Bonchev–Trinajstić information content (AvgIpc) is 2.26. The molecule has 0 saturated carbocycles. The van der Waals surface area contributed by atoms with Crippen LogP contribution < -0.4 is 10.6 Å². The van der Waals surface area contributed by atoms with Crippen molar-refractivity contribution in [1.82, 2.24) is 10.6 Å². The molecule has 0 unspecified atom stereocenters. The minimum absolute atomic E-state index is 0.207. The number of rotatable bonds is 5. The maximum Gasteiger partial charge on any atom is 0.252 e. The minimum atomic E-state index is -0.366. The molecule has 5 heteroatoms. The van der Waals surface area contributed by atoms with Gasteiger partial charge in [0.15, 0.2) is 0 Å². The van der Waals surface area contributed by atoms with Gasteiger partial charge in [0.05, 0.1) is 5.56 Å². The van der Waals surface area contributed by atoms with Crippen molar-refractivity contribution in [2.24, 2.45) is 0 Å². The van der Waals surface area contributed by atoms with Gasteiger partial charge in [-0.1, -0.05) is 6.92 Å². The van der Waals surface area contributed by atoms with Crippen LogP contribution in [0.1, 0.15) is 24.2 Å². The number of carbonyl (C=O) groups is 1. The average molecular weight is 303 g/mol. The molecule has 0 heterocycles. The van der Waals surface area contributed by atoms with Crippen LogP contribution in [0.3, 0.4) is 0 Å². The smallest absolute Gasteiger partial charge is 0.252 e. The molecule has 0 aliphatic rings. The minimum Gasteiger partial charge on any atom is -0.350 e. The number of carbonyl (C=O) groups excluding carboxylic acids is 1. The van der Waals surface area contributed by atoms with E-state index in [1.807, 2.05) is 13.8 Å². The van der Waals surface area contributed by atoms with E-state index in [9.17, 15) is 9.18 Å². The summed E-state index contributed by atoms with van der Waals surface area (Å²) in [6.07, 6.45) is 0. The van der Waals surface area contributed by atoms with Crippen LogP contribution in [0.15, 0.2) is 22.7 Å². The van der Waals surface area contributed by atoms with Gasteiger partial charge in [-0.15, -0.1) is 0 Å². The molecule has 0 saturated heterocycles. The van der Waals surface area contributed by atoms with E-state index in [2.05, 4.69) is 26.6 Å². The van der Waals surface area contributed by atoms with Crippen LogP contribution in [0.4, 0.5) is 4.39 Å². The predicted molar refractivity (Wildman–Crippen MR) is 69.6 cm³/mol. The molecule has 1 rings (SSSR count). The quantitative estimate of drug-likeness (QED) is 0.876. The first-order chi connectivity index (χ1) is 8.04. The zero-order valence-electron chi connectivity index (χ0n) is 9.89. The summed E-state index contributed by atoms with van der Waals surface area (Å²) in [7, 11) is 0. The lowest BCUT2D eigenvalue weighted by molar-refractivity contribution is 0.0949. The summed E-state index contributed by atoms with van der Waals surface area (Å²) in [5.41, 5.74) is 0.440. The van der Waals surface area contributed by atoms with Crippen molar-refractivity contribution in [3.63, 3.8) is 0 Å². The largest absolute Gasteiger partial charge is 0.350 e. The van der Waals surface area contributed by atoms with Crippen molar-refractivity contribution >= 4 is 21.8 Å². The van der Waals surface area contributed by atoms with Gasteiger partial charge in [0, 0.05) is 17.1 Å². The van der Waals surface area contributed by atoms with E-state index in [1.165, 1.54) is 18.2 Å². The highest BCUT2D eigenvalue weighted by molar-refractivity contribution is 9.10. The Balaban J connectivity index is 2.58. The second-order valence-electron chi connectivity index (χ2n) is 3.79. The monoisotopic (exact) mass is 302 g/mol. The van der Waals surface area contributed by atoms with Gasteiger partial charge in [-0.25, -0.2) is 4.39 Å². The van der Waals surface area contributed by atoms with Gasteiger partial charge in [0.2, 0.25) is 0 Å². The van der Waals surface area contributed by atoms with Gasteiger partial charge in [-0.3, -0.25) is 4.79 Å². The number of likely N-dealkylation sites (N-methyl/N-ethyl adjacent to an activating group) is 1. The van der Waals surface area contributed by atoms with Crippen LogP contribution in [0.2, 0.25) is 0 Å². The van der Waals surface area contributed by atoms with Crippen molar-refractivity contribution in [1.29, 1.82) is 0 Å². The molecule has 0 aliphatic carbocycles. The zero-order chi connectivity index (χ0) is 12.8. The molecule has 1 amide bonds. The van der Waals surface area contributed by atoms with E-state index >= 15 is 0 Å². The zero-order valence-corrected chi connectivity index (χ0v) is 11.5. The molecule has 17 heavy (non-hydrogen) atoms. The summed E-state index contributed by atoms with van der Waals surface area (Å²) in [6.45, 7) is 5.39. The van der Waals surface area contributed by atoms with Gasteiger partial charge in [0.1, 0.15) is 5.82 Å². The molecule has 2 N–H and O–H groups in total. The third-order valence-electron chi connectivity index (χ3n) is 2.30. The number of hydrogen-bond acceptors (Lipinski definition) is 2. The number of amides is 1. The number of nitrogens with one attached hydrogen (secondary N) is 2. The molecule has 1 atom stereocenters. The van der Waals surface area contributed by atoms with E-state index in [-0.39, 0.29) is 17.8 Å². The highest BCUT2D eigenvalue weighted by Gasteiger charge is 2.11. The fourth-order valence-corrected chi connectivity index (χ4v) is 1.97. The Bertz CT molecular complexity index is 398. The maximum atomic E-state index is 12.9. The Kier molecular flexibility index (Phi) is 5.58. The van der Waals surface area contributed by atoms with Crippen molar-refractivity contribution in [2.75, 3.05) is 13.1 Å². The molecule has 0 aliphatic heterocycles. The molecule has 1 aromatic rings. The van der Waals surface area contributed by atoms with E-state index in [4.69, 9.17) is 0 Å². The first kappa shape index (κ1) is 14.1. The van der Waals surface area contributed by atoms with E-state index < -0.39 is 0 Å². The standard InChI is InChI=1S/C12H16BrFN2O/c1-3-15-8(2)7-16-12(17)10-5-4-9(14)6-11(10)13/h4-6,8,15H,3,7H2,1-2H3,(H,16,17)/t8-/m1/s1. The van der Waals surface area contributed by atoms with Crippen LogP contribution in [0.5, 0.6) is 0 Å². The molecule has 0 fully saturated rings. The van der Waals surface area contributed by atoms with Gasteiger partial charge in [-0.05, 0) is 47.6 Å². The topological polar surface area (TPSA) is 41.1 Å². The van der Waals surface area contributed by atoms with Crippen molar-refractivity contribution in [3.05, 3.63) is 34.1 Å². The van der Waals surface area contributed by atoms with E-state index in [0.717, 1.165) is 6.54 Å². The molecule has 94 valence electrons. The molecule has 0 spiro atoms. The van der Waals surface area contributed by atoms with Gasteiger partial charge < -0.3 is 10.6 Å². The summed E-state index contributed by atoms with van der Waals surface area (Å²) in [6, 6.07) is 4.23. The Morgan fingerprint density at radius 3 is 2.82 bits per heavy atom. The fraction of sp³-hybridized carbons (Fsp3) is 0.417. The normalized spacial score (nSPS) is 12.2. The van der Waals surface area contributed by atoms with Crippen LogP contribution >= 0.6 is 15.9 Å². The first-order valence-electron chi connectivity index (χ1n) is 5.51. The molecule has 0 bridgehead atoms. The Morgan fingerprint density at radius 1 is 1.53 bits per heavy atom. The molecule has 1 aromatic carbocycles. The second-order valence-corrected chi connectivity index (χ2v) is 4.65. The van der Waals surface area contributed by atoms with Crippen molar-refractivity contribution in [2.45, 2.75) is 19.9 Å². The maximum absolute atomic E-state index is 12.9. The molecular weight excluding hydrogens is 287 g/mol. The second kappa shape index (κ2) is 6.71. The van der Waals surface area contributed by atoms with E-state index in [0.29, 0.717) is 16.6 Å². The summed E-state index contributed by atoms with van der Waals surface area (Å²) in [4.78, 5) is 11.8. The van der Waals surface area contributed by atoms with Crippen LogP contribution in [-0.2, 0) is 0 Å². The molecule has 0 radical (unpaired) electrons. The van der Waals surface area contributed by atoms with Crippen molar-refractivity contribution in [3.8, 4) is 0 Å². The summed E-state index contributed by atoms with van der Waals surface area (Å²) in [5, 5.41) is 5.98. The third-order valence-corrected chi connectivity index (χ3v) is 2.95. The van der Waals surface area contributed by atoms with Crippen LogP contribution in [0, 0.1) is 5.82 Å². The Labute approximate surface area is 109 Å². The lowest BCUT2D eigenvalue weighted by Gasteiger charge is -2.13. The van der Waals surface area contributed by atoms with Crippen molar-refractivity contribution < 1.29 is 9.18 Å². The molecule has 3 nitrogen and oxygen atoms in total. The lowest BCUT2D eigenvalue weighted by atomic mass is 10.2. The van der Waals surface area contributed by atoms with E-state index in [1.54, 1.807) is 0 Å². The third kappa shape index (κ3) is 4.44. The lowest BCUT2D eigenvalue weighted by Crippen LogP contribution is -2.38. The summed E-state index contributed by atoms with van der Waals surface area (Å²) < 4.78 is 13.3. The Hall–Kier alpha value is -0.940. The fourth-order valence-electron chi connectivity index (χ4n) is 1.44. The van der Waals surface area contributed by atoms with Crippen LogP contribution in [-0.4, -0.2) is 25.0 Å². The summed E-state index contributed by atoms with van der Waals surface area (Å²) in [5.74, 6) is -0.573. The SMILES string of the molecule is CCN[C@H](C)CNC(=O)c1ccc(F)cc1Br. The van der Waals surface area contributed by atoms with Gasteiger partial charge in [-0.2, -0.15) is 0 Å². The van der Waals surface area contributed by atoms with Gasteiger partial charge >= 0.3 is 0 Å². The highest BCUT2D eigenvalue weighted by atomic mass is 79.9. The number of halogens is 2. The Morgan fingerprint density at radius 2 is 2.24 bits per heavy atom. The number of benzene rings is 1. The predicted octanol–water partition coefficient (Wildman–Crippen LogP) is 2.32.